The van der Waals surface area contributed by atoms with Crippen LogP contribution in [0.5, 0.6) is 5.88 Å². The zero-order valence-corrected chi connectivity index (χ0v) is 26.1. The standard InChI is InChI=1S/C35H41N7O2/c1-5-16-39(4)20-21-44-35-29(22-37)34(41-18-19-42(32(43)6-2)27(23-41)13-15-36)28-14-17-40(24-30(28)38-35)31-12-8-11-26-10-7-9-25(3)33(26)31/h6-12,27H,2,5,13-14,16-21,23-24H2,1,3-4H3/t27-/m0/s1. The summed E-state index contributed by atoms with van der Waals surface area (Å²) >= 11 is 0. The van der Waals surface area contributed by atoms with Crippen LogP contribution in [0.1, 0.15) is 42.1 Å². The van der Waals surface area contributed by atoms with E-state index in [1.807, 2.05) is 0 Å². The van der Waals surface area contributed by atoms with Gasteiger partial charge in [0, 0.05) is 49.4 Å². The number of carbonyl (C=O) groups is 1. The molecule has 0 N–H and O–H groups in total. The van der Waals surface area contributed by atoms with Gasteiger partial charge in [0.05, 0.1) is 36.5 Å². The number of hydrogen-bond acceptors (Lipinski definition) is 8. The fraction of sp³-hybridized carbons (Fsp3) is 0.429. The van der Waals surface area contributed by atoms with Gasteiger partial charge < -0.3 is 24.3 Å². The maximum Gasteiger partial charge on any atom is 0.246 e. The molecule has 0 unspecified atom stereocenters. The van der Waals surface area contributed by atoms with Gasteiger partial charge in [-0.15, -0.1) is 0 Å². The van der Waals surface area contributed by atoms with Gasteiger partial charge in [-0.05, 0) is 56.4 Å². The molecule has 0 radical (unpaired) electrons. The molecule has 44 heavy (non-hydrogen) atoms. The summed E-state index contributed by atoms with van der Waals surface area (Å²) in [5.41, 5.74) is 5.60. The van der Waals surface area contributed by atoms with Gasteiger partial charge in [-0.3, -0.25) is 4.79 Å². The first kappa shape index (κ1) is 30.8. The van der Waals surface area contributed by atoms with Crippen molar-refractivity contribution in [1.29, 1.82) is 10.5 Å². The van der Waals surface area contributed by atoms with Gasteiger partial charge in [0.1, 0.15) is 18.2 Å². The molecule has 0 aliphatic carbocycles. The molecule has 1 saturated heterocycles. The number of anilines is 2. The highest BCUT2D eigenvalue weighted by Gasteiger charge is 2.35. The summed E-state index contributed by atoms with van der Waals surface area (Å²) in [4.78, 5) is 26.1. The molecule has 1 amide bonds. The van der Waals surface area contributed by atoms with Crippen LogP contribution in [-0.2, 0) is 17.8 Å². The molecule has 2 aromatic carbocycles. The van der Waals surface area contributed by atoms with E-state index in [9.17, 15) is 15.3 Å². The third kappa shape index (κ3) is 6.20. The van der Waals surface area contributed by atoms with Crippen molar-refractivity contribution in [2.45, 2.75) is 45.7 Å². The van der Waals surface area contributed by atoms with Crippen LogP contribution in [0.15, 0.2) is 49.1 Å². The number of pyridine rings is 1. The largest absolute Gasteiger partial charge is 0.475 e. The first-order chi connectivity index (χ1) is 21.4. The van der Waals surface area contributed by atoms with Crippen molar-refractivity contribution in [3.05, 3.63) is 71.4 Å². The van der Waals surface area contributed by atoms with Crippen molar-refractivity contribution in [3.63, 3.8) is 0 Å². The number of aromatic nitrogens is 1. The topological polar surface area (TPSA) is 99.7 Å². The lowest BCUT2D eigenvalue weighted by molar-refractivity contribution is -0.128. The minimum Gasteiger partial charge on any atom is -0.475 e. The molecule has 3 heterocycles. The van der Waals surface area contributed by atoms with E-state index in [0.717, 1.165) is 43.0 Å². The highest BCUT2D eigenvalue weighted by atomic mass is 16.5. The number of nitrogens with zero attached hydrogens (tertiary/aromatic N) is 7. The third-order valence-electron chi connectivity index (χ3n) is 8.74. The molecule has 2 aliphatic rings. The van der Waals surface area contributed by atoms with Gasteiger partial charge >= 0.3 is 0 Å². The average Bonchev–Trinajstić information content (AvgIpc) is 3.03. The molecule has 0 bridgehead atoms. The number of aryl methyl sites for hydroxylation is 1. The lowest BCUT2D eigenvalue weighted by Gasteiger charge is -2.43. The van der Waals surface area contributed by atoms with Crippen molar-refractivity contribution in [3.8, 4) is 18.0 Å². The molecule has 3 aromatic rings. The van der Waals surface area contributed by atoms with Crippen LogP contribution >= 0.6 is 0 Å². The van der Waals surface area contributed by atoms with Crippen LogP contribution in [-0.4, -0.2) is 79.7 Å². The third-order valence-corrected chi connectivity index (χ3v) is 8.74. The zero-order valence-electron chi connectivity index (χ0n) is 26.1. The van der Waals surface area contributed by atoms with Crippen molar-refractivity contribution in [1.82, 2.24) is 14.8 Å². The Morgan fingerprint density at radius 3 is 2.68 bits per heavy atom. The molecule has 228 valence electrons. The number of nitriles is 2. The number of rotatable bonds is 10. The SMILES string of the molecule is C=CC(=O)N1CCN(c2c(C#N)c(OCCN(C)CCC)nc3c2CCN(c2cccc4cccc(C)c24)C3)C[C@@H]1CC#N. The summed E-state index contributed by atoms with van der Waals surface area (Å²) in [6.07, 6.45) is 3.27. The van der Waals surface area contributed by atoms with E-state index in [1.54, 1.807) is 4.90 Å². The van der Waals surface area contributed by atoms with Crippen LogP contribution in [0.25, 0.3) is 10.8 Å². The van der Waals surface area contributed by atoms with Gasteiger partial charge in [-0.2, -0.15) is 10.5 Å². The number of hydrogen-bond donors (Lipinski definition) is 0. The van der Waals surface area contributed by atoms with Crippen LogP contribution in [0.4, 0.5) is 11.4 Å². The fourth-order valence-electron chi connectivity index (χ4n) is 6.60. The second kappa shape index (κ2) is 13.8. The predicted molar refractivity (Wildman–Crippen MR) is 174 cm³/mol. The Hall–Kier alpha value is -4.60. The summed E-state index contributed by atoms with van der Waals surface area (Å²) in [5, 5.41) is 22.5. The van der Waals surface area contributed by atoms with E-state index >= 15 is 0 Å². The van der Waals surface area contributed by atoms with E-state index in [2.05, 4.69) is 90.7 Å². The van der Waals surface area contributed by atoms with Gasteiger partial charge in [0.2, 0.25) is 11.8 Å². The van der Waals surface area contributed by atoms with Crippen molar-refractivity contribution >= 4 is 28.1 Å². The summed E-state index contributed by atoms with van der Waals surface area (Å²) < 4.78 is 6.27. The summed E-state index contributed by atoms with van der Waals surface area (Å²) in [7, 11) is 2.06. The molecule has 0 saturated carbocycles. The van der Waals surface area contributed by atoms with Crippen molar-refractivity contribution in [2.75, 3.05) is 62.7 Å². The molecule has 1 atom stereocenters. The normalized spacial score (nSPS) is 16.4. The Morgan fingerprint density at radius 1 is 1.16 bits per heavy atom. The van der Waals surface area contributed by atoms with Crippen LogP contribution in [0, 0.1) is 29.6 Å². The molecule has 5 rings (SSSR count). The van der Waals surface area contributed by atoms with E-state index in [1.165, 1.54) is 28.1 Å². The lowest BCUT2D eigenvalue weighted by Crippen LogP contribution is -2.55. The summed E-state index contributed by atoms with van der Waals surface area (Å²) in [6, 6.07) is 17.2. The number of ether oxygens (including phenoxy) is 1. The number of piperazine rings is 1. The molecule has 2 aliphatic heterocycles. The Balaban J connectivity index is 1.55. The molecule has 1 fully saturated rings. The number of likely N-dealkylation sites (N-methyl/N-ethyl adjacent to an activating group) is 1. The van der Waals surface area contributed by atoms with E-state index in [-0.39, 0.29) is 18.4 Å². The van der Waals surface area contributed by atoms with Gasteiger partial charge in [0.15, 0.2) is 0 Å². The molecule has 9 nitrogen and oxygen atoms in total. The van der Waals surface area contributed by atoms with E-state index in [4.69, 9.17) is 9.72 Å². The van der Waals surface area contributed by atoms with Crippen LogP contribution in [0.2, 0.25) is 0 Å². The van der Waals surface area contributed by atoms with Crippen LogP contribution in [0.3, 0.4) is 0 Å². The summed E-state index contributed by atoms with van der Waals surface area (Å²) in [6.45, 7) is 12.8. The number of amides is 1. The highest BCUT2D eigenvalue weighted by Crippen LogP contribution is 2.40. The maximum atomic E-state index is 12.6. The highest BCUT2D eigenvalue weighted by molar-refractivity contribution is 5.97. The quantitative estimate of drug-likeness (QED) is 0.310. The molecular weight excluding hydrogens is 550 g/mol. The summed E-state index contributed by atoms with van der Waals surface area (Å²) in [5.74, 6) is 0.173. The molecule has 1 aromatic heterocycles. The fourth-order valence-corrected chi connectivity index (χ4v) is 6.60. The zero-order chi connectivity index (χ0) is 31.2. The first-order valence-corrected chi connectivity index (χ1v) is 15.5. The van der Waals surface area contributed by atoms with E-state index in [0.29, 0.717) is 50.7 Å². The lowest BCUT2D eigenvalue weighted by atomic mass is 9.95. The maximum absolute atomic E-state index is 12.6. The van der Waals surface area contributed by atoms with Gasteiger partial charge in [-0.1, -0.05) is 43.8 Å². The smallest absolute Gasteiger partial charge is 0.246 e. The molecule has 9 heteroatoms. The Labute approximate surface area is 260 Å². The van der Waals surface area contributed by atoms with Gasteiger partial charge in [-0.25, -0.2) is 4.98 Å². The predicted octanol–water partition coefficient (Wildman–Crippen LogP) is 4.82. The second-order valence-electron chi connectivity index (χ2n) is 11.6. The monoisotopic (exact) mass is 591 g/mol. The Kier molecular flexibility index (Phi) is 9.67. The van der Waals surface area contributed by atoms with Crippen LogP contribution < -0.4 is 14.5 Å². The molecule has 0 spiro atoms. The number of benzene rings is 2. The first-order valence-electron chi connectivity index (χ1n) is 15.5. The Morgan fingerprint density at radius 2 is 1.95 bits per heavy atom. The average molecular weight is 592 g/mol. The minimum absolute atomic E-state index is 0.177. The van der Waals surface area contributed by atoms with E-state index < -0.39 is 0 Å². The molecular formula is C35H41N7O2. The Bertz CT molecular complexity index is 1620. The van der Waals surface area contributed by atoms with Gasteiger partial charge in [0.25, 0.3) is 0 Å². The second-order valence-corrected chi connectivity index (χ2v) is 11.6. The minimum atomic E-state index is -0.305. The number of carbonyl (C=O) groups excluding carboxylic acids is 1. The van der Waals surface area contributed by atoms with Crippen molar-refractivity contribution < 1.29 is 9.53 Å². The number of fused-ring (bicyclic) bond motifs is 2. The van der Waals surface area contributed by atoms with Crippen molar-refractivity contribution in [2.24, 2.45) is 0 Å².